The Balaban J connectivity index is 2.18. The van der Waals surface area contributed by atoms with Crippen molar-refractivity contribution < 1.29 is 8.42 Å². The van der Waals surface area contributed by atoms with E-state index in [4.69, 9.17) is 5.26 Å². The van der Waals surface area contributed by atoms with Crippen molar-refractivity contribution in [1.29, 1.82) is 5.26 Å². The molecule has 20 heavy (non-hydrogen) atoms. The van der Waals surface area contributed by atoms with Crippen LogP contribution in [0.4, 0.5) is 0 Å². The van der Waals surface area contributed by atoms with Gasteiger partial charge in [0.25, 0.3) is 0 Å². The molecule has 1 aromatic carbocycles. The molecular weight excluding hydrogens is 276 g/mol. The minimum absolute atomic E-state index is 0.164. The standard InChI is InChI=1S/C13H16N4O2S/c14-7-4-9-16(11-13-5-2-1-3-6-13)20(18,19)17-10-8-15-12-17/h1-3,5-6,12H,4,8-11H2. The molecule has 0 unspecified atom stereocenters. The molecule has 0 spiro atoms. The van der Waals surface area contributed by atoms with Gasteiger partial charge in [0.05, 0.1) is 19.2 Å². The predicted molar refractivity (Wildman–Crippen MR) is 76.1 cm³/mol. The minimum atomic E-state index is -3.60. The number of rotatable bonds is 6. The van der Waals surface area contributed by atoms with Crippen molar-refractivity contribution in [2.24, 2.45) is 4.99 Å². The van der Waals surface area contributed by atoms with Gasteiger partial charge in [0.1, 0.15) is 6.34 Å². The molecule has 0 saturated heterocycles. The van der Waals surface area contributed by atoms with E-state index in [0.717, 1.165) is 5.56 Å². The zero-order valence-electron chi connectivity index (χ0n) is 11.0. The van der Waals surface area contributed by atoms with E-state index in [1.54, 1.807) is 0 Å². The zero-order valence-corrected chi connectivity index (χ0v) is 11.8. The maximum Gasteiger partial charge on any atom is 0.305 e. The van der Waals surface area contributed by atoms with Crippen molar-refractivity contribution in [3.63, 3.8) is 0 Å². The SMILES string of the molecule is N#CCCN(Cc1ccccc1)S(=O)(=O)N1C=NCC1. The van der Waals surface area contributed by atoms with E-state index in [1.165, 1.54) is 14.9 Å². The summed E-state index contributed by atoms with van der Waals surface area (Å²) in [5.41, 5.74) is 0.894. The number of nitriles is 1. The smallest absolute Gasteiger partial charge is 0.273 e. The Morgan fingerprint density at radius 1 is 1.35 bits per heavy atom. The molecule has 0 saturated carbocycles. The van der Waals surface area contributed by atoms with Gasteiger partial charge in [-0.15, -0.1) is 0 Å². The molecule has 7 heteroatoms. The van der Waals surface area contributed by atoms with Gasteiger partial charge in [0, 0.05) is 19.5 Å². The van der Waals surface area contributed by atoms with E-state index >= 15 is 0 Å². The van der Waals surface area contributed by atoms with Crippen molar-refractivity contribution >= 4 is 16.5 Å². The second-order valence-corrected chi connectivity index (χ2v) is 6.25. The summed E-state index contributed by atoms with van der Waals surface area (Å²) in [7, 11) is -3.60. The number of hydrogen-bond donors (Lipinski definition) is 0. The molecular formula is C13H16N4O2S. The Labute approximate surface area is 119 Å². The van der Waals surface area contributed by atoms with Crippen molar-refractivity contribution in [2.45, 2.75) is 13.0 Å². The summed E-state index contributed by atoms with van der Waals surface area (Å²) in [4.78, 5) is 3.93. The summed E-state index contributed by atoms with van der Waals surface area (Å²) >= 11 is 0. The quantitative estimate of drug-likeness (QED) is 0.784. The van der Waals surface area contributed by atoms with Crippen LogP contribution in [0.2, 0.25) is 0 Å². The summed E-state index contributed by atoms with van der Waals surface area (Å²) in [5, 5.41) is 8.70. The molecule has 0 N–H and O–H groups in total. The van der Waals surface area contributed by atoms with Gasteiger partial charge in [0.2, 0.25) is 0 Å². The number of aliphatic imine (C=N–C) groups is 1. The van der Waals surface area contributed by atoms with Crippen molar-refractivity contribution in [3.8, 4) is 6.07 Å². The maximum absolute atomic E-state index is 12.5. The molecule has 0 bridgehead atoms. The molecule has 106 valence electrons. The molecule has 1 aliphatic rings. The van der Waals surface area contributed by atoms with E-state index in [-0.39, 0.29) is 19.5 Å². The molecule has 1 aromatic rings. The van der Waals surface area contributed by atoms with Gasteiger partial charge in [0.15, 0.2) is 0 Å². The lowest BCUT2D eigenvalue weighted by Gasteiger charge is -2.26. The Morgan fingerprint density at radius 2 is 2.10 bits per heavy atom. The Kier molecular flexibility index (Phi) is 4.71. The number of benzene rings is 1. The Morgan fingerprint density at radius 3 is 2.70 bits per heavy atom. The topological polar surface area (TPSA) is 76.8 Å². The lowest BCUT2D eigenvalue weighted by Crippen LogP contribution is -2.42. The summed E-state index contributed by atoms with van der Waals surface area (Å²) in [6.45, 7) is 1.28. The van der Waals surface area contributed by atoms with Crippen LogP contribution in [-0.4, -0.2) is 43.0 Å². The highest BCUT2D eigenvalue weighted by Gasteiger charge is 2.29. The first-order chi connectivity index (χ1) is 9.64. The van der Waals surface area contributed by atoms with Crippen LogP contribution in [0.5, 0.6) is 0 Å². The molecule has 1 heterocycles. The summed E-state index contributed by atoms with van der Waals surface area (Å²) in [6, 6.07) is 11.3. The Hall–Kier alpha value is -1.91. The third kappa shape index (κ3) is 3.35. The van der Waals surface area contributed by atoms with E-state index in [1.807, 2.05) is 36.4 Å². The molecule has 0 radical (unpaired) electrons. The highest BCUT2D eigenvalue weighted by atomic mass is 32.2. The van der Waals surface area contributed by atoms with E-state index in [2.05, 4.69) is 4.99 Å². The van der Waals surface area contributed by atoms with Crippen LogP contribution in [0.15, 0.2) is 35.3 Å². The van der Waals surface area contributed by atoms with E-state index in [9.17, 15) is 8.42 Å². The largest absolute Gasteiger partial charge is 0.305 e. The van der Waals surface area contributed by atoms with Crippen LogP contribution in [0.1, 0.15) is 12.0 Å². The summed E-state index contributed by atoms with van der Waals surface area (Å²) in [5.74, 6) is 0. The average Bonchev–Trinajstić information content (AvgIpc) is 2.99. The molecule has 0 aliphatic carbocycles. The van der Waals surface area contributed by atoms with Crippen molar-refractivity contribution in [1.82, 2.24) is 8.61 Å². The van der Waals surface area contributed by atoms with Gasteiger partial charge >= 0.3 is 10.2 Å². The number of hydrogen-bond acceptors (Lipinski definition) is 4. The van der Waals surface area contributed by atoms with Crippen molar-refractivity contribution in [2.75, 3.05) is 19.6 Å². The molecule has 0 fully saturated rings. The second kappa shape index (κ2) is 6.50. The highest BCUT2D eigenvalue weighted by Crippen LogP contribution is 2.14. The fourth-order valence-electron chi connectivity index (χ4n) is 1.92. The first-order valence-electron chi connectivity index (χ1n) is 6.32. The van der Waals surface area contributed by atoms with Gasteiger partial charge < -0.3 is 0 Å². The maximum atomic E-state index is 12.5. The van der Waals surface area contributed by atoms with Crippen LogP contribution in [0.3, 0.4) is 0 Å². The fraction of sp³-hybridized carbons (Fsp3) is 0.385. The normalized spacial score (nSPS) is 14.7. The van der Waals surface area contributed by atoms with Gasteiger partial charge in [-0.25, -0.2) is 4.31 Å². The first kappa shape index (κ1) is 14.5. The lowest BCUT2D eigenvalue weighted by atomic mass is 10.2. The van der Waals surface area contributed by atoms with Crippen LogP contribution in [0.25, 0.3) is 0 Å². The third-order valence-corrected chi connectivity index (χ3v) is 4.79. The molecule has 1 aliphatic heterocycles. The molecule has 6 nitrogen and oxygen atoms in total. The lowest BCUT2D eigenvalue weighted by molar-refractivity contribution is 0.384. The third-order valence-electron chi connectivity index (χ3n) is 2.96. The number of nitrogens with zero attached hydrogens (tertiary/aromatic N) is 4. The predicted octanol–water partition coefficient (Wildman–Crippen LogP) is 0.991. The van der Waals surface area contributed by atoms with Gasteiger partial charge in [-0.1, -0.05) is 30.3 Å². The molecule has 2 rings (SSSR count). The monoisotopic (exact) mass is 292 g/mol. The van der Waals surface area contributed by atoms with E-state index in [0.29, 0.717) is 13.1 Å². The fourth-order valence-corrected chi connectivity index (χ4v) is 3.35. The van der Waals surface area contributed by atoms with Gasteiger partial charge in [-0.2, -0.15) is 18.0 Å². The van der Waals surface area contributed by atoms with Gasteiger partial charge in [-0.3, -0.25) is 4.99 Å². The zero-order chi connectivity index (χ0) is 14.4. The van der Waals surface area contributed by atoms with Crippen LogP contribution >= 0.6 is 0 Å². The van der Waals surface area contributed by atoms with Crippen LogP contribution < -0.4 is 0 Å². The van der Waals surface area contributed by atoms with Crippen molar-refractivity contribution in [3.05, 3.63) is 35.9 Å². The van der Waals surface area contributed by atoms with Crippen LogP contribution in [-0.2, 0) is 16.8 Å². The highest BCUT2D eigenvalue weighted by molar-refractivity contribution is 7.87. The molecule has 0 aromatic heterocycles. The first-order valence-corrected chi connectivity index (χ1v) is 7.72. The van der Waals surface area contributed by atoms with Crippen LogP contribution in [0, 0.1) is 11.3 Å². The average molecular weight is 292 g/mol. The summed E-state index contributed by atoms with van der Waals surface area (Å²) < 4.78 is 27.5. The molecule has 0 atom stereocenters. The molecule has 0 amide bonds. The summed E-state index contributed by atoms with van der Waals surface area (Å²) in [6.07, 6.45) is 1.51. The van der Waals surface area contributed by atoms with Gasteiger partial charge in [-0.05, 0) is 5.56 Å². The minimum Gasteiger partial charge on any atom is -0.273 e. The van der Waals surface area contributed by atoms with E-state index < -0.39 is 10.2 Å². The Bertz CT molecular complexity index is 607. The second-order valence-electron chi connectivity index (χ2n) is 4.37.